The van der Waals surface area contributed by atoms with Crippen molar-refractivity contribution in [1.82, 2.24) is 10.6 Å². The van der Waals surface area contributed by atoms with Crippen LogP contribution in [0.1, 0.15) is 26.0 Å². The molecule has 1 rings (SSSR count). The highest BCUT2D eigenvalue weighted by Gasteiger charge is 2.02. The number of hydrogen-bond donors (Lipinski definition) is 2. The molecule has 0 saturated carbocycles. The standard InChI is InChI=1S/C14H25N3OS/c1-4-8-15-14(17-11-12(2)19-3)16-9-7-13-6-5-10-18-13/h5-6,10,12H,4,7-9,11H2,1-3H3,(H2,15,16,17). The van der Waals surface area contributed by atoms with Gasteiger partial charge in [-0.15, -0.1) is 0 Å². The number of rotatable bonds is 8. The Hall–Kier alpha value is -1.10. The molecule has 1 aromatic rings. The number of furan rings is 1. The molecule has 108 valence electrons. The molecule has 19 heavy (non-hydrogen) atoms. The zero-order chi connectivity index (χ0) is 13.9. The van der Waals surface area contributed by atoms with Crippen molar-refractivity contribution in [3.63, 3.8) is 0 Å². The third-order valence-electron chi connectivity index (χ3n) is 2.70. The van der Waals surface area contributed by atoms with Gasteiger partial charge in [-0.25, -0.2) is 0 Å². The number of nitrogens with zero attached hydrogens (tertiary/aromatic N) is 1. The van der Waals surface area contributed by atoms with Crippen LogP contribution in [-0.2, 0) is 6.42 Å². The van der Waals surface area contributed by atoms with Gasteiger partial charge in [-0.2, -0.15) is 11.8 Å². The van der Waals surface area contributed by atoms with Crippen molar-refractivity contribution in [2.75, 3.05) is 25.9 Å². The molecule has 0 bridgehead atoms. The third-order valence-corrected chi connectivity index (χ3v) is 3.65. The van der Waals surface area contributed by atoms with Crippen LogP contribution in [0.3, 0.4) is 0 Å². The molecular formula is C14H25N3OS. The monoisotopic (exact) mass is 283 g/mol. The molecule has 1 aromatic heterocycles. The predicted octanol–water partition coefficient (Wildman–Crippen LogP) is 2.52. The molecule has 0 aliphatic carbocycles. The fourth-order valence-electron chi connectivity index (χ4n) is 1.47. The minimum absolute atomic E-state index is 0.547. The van der Waals surface area contributed by atoms with E-state index in [9.17, 15) is 0 Å². The Balaban J connectivity index is 2.35. The van der Waals surface area contributed by atoms with Crippen LogP contribution in [0.25, 0.3) is 0 Å². The van der Waals surface area contributed by atoms with Gasteiger partial charge in [0.1, 0.15) is 5.76 Å². The molecule has 0 aliphatic rings. The normalized spacial score (nSPS) is 13.3. The van der Waals surface area contributed by atoms with Crippen LogP contribution in [-0.4, -0.2) is 37.1 Å². The molecule has 4 nitrogen and oxygen atoms in total. The SMILES string of the molecule is CCCNC(=NCC(C)SC)NCCc1ccco1. The molecule has 0 aliphatic heterocycles. The second-order valence-electron chi connectivity index (χ2n) is 4.42. The minimum atomic E-state index is 0.547. The van der Waals surface area contributed by atoms with E-state index >= 15 is 0 Å². The quantitative estimate of drug-likeness (QED) is 0.568. The van der Waals surface area contributed by atoms with Crippen molar-refractivity contribution in [3.05, 3.63) is 24.2 Å². The summed E-state index contributed by atoms with van der Waals surface area (Å²) in [6.07, 6.45) is 5.79. The summed E-state index contributed by atoms with van der Waals surface area (Å²) in [5, 5.41) is 7.22. The molecule has 1 heterocycles. The summed E-state index contributed by atoms with van der Waals surface area (Å²) >= 11 is 1.83. The first-order chi connectivity index (χ1) is 9.26. The van der Waals surface area contributed by atoms with Crippen molar-refractivity contribution >= 4 is 17.7 Å². The van der Waals surface area contributed by atoms with Gasteiger partial charge in [0.2, 0.25) is 0 Å². The molecule has 2 N–H and O–H groups in total. The first-order valence-corrected chi connectivity index (χ1v) is 8.12. The Kier molecular flexibility index (Phi) is 8.21. The van der Waals surface area contributed by atoms with Crippen LogP contribution in [0, 0.1) is 0 Å². The lowest BCUT2D eigenvalue weighted by atomic mass is 10.3. The molecule has 0 aromatic carbocycles. The molecule has 5 heteroatoms. The average Bonchev–Trinajstić information content (AvgIpc) is 2.94. The van der Waals surface area contributed by atoms with Gasteiger partial charge >= 0.3 is 0 Å². The van der Waals surface area contributed by atoms with Gasteiger partial charge in [-0.1, -0.05) is 13.8 Å². The van der Waals surface area contributed by atoms with Gasteiger partial charge in [0.05, 0.1) is 12.8 Å². The van der Waals surface area contributed by atoms with Crippen LogP contribution < -0.4 is 10.6 Å². The van der Waals surface area contributed by atoms with Crippen molar-refractivity contribution < 1.29 is 4.42 Å². The summed E-state index contributed by atoms with van der Waals surface area (Å²) < 4.78 is 5.31. The van der Waals surface area contributed by atoms with E-state index in [4.69, 9.17) is 4.42 Å². The zero-order valence-corrected chi connectivity index (χ0v) is 12.9. The van der Waals surface area contributed by atoms with Crippen LogP contribution in [0.4, 0.5) is 0 Å². The van der Waals surface area contributed by atoms with Gasteiger partial charge in [-0.05, 0) is 24.8 Å². The lowest BCUT2D eigenvalue weighted by Crippen LogP contribution is -2.39. The molecule has 0 amide bonds. The smallest absolute Gasteiger partial charge is 0.191 e. The molecule has 1 atom stereocenters. The lowest BCUT2D eigenvalue weighted by molar-refractivity contribution is 0.506. The summed E-state index contributed by atoms with van der Waals surface area (Å²) in [4.78, 5) is 4.59. The number of hydrogen-bond acceptors (Lipinski definition) is 3. The van der Waals surface area contributed by atoms with Crippen LogP contribution in [0.5, 0.6) is 0 Å². The second-order valence-corrected chi connectivity index (χ2v) is 5.69. The Morgan fingerprint density at radius 3 is 2.84 bits per heavy atom. The lowest BCUT2D eigenvalue weighted by Gasteiger charge is -2.12. The van der Waals surface area contributed by atoms with Gasteiger partial charge in [-0.3, -0.25) is 4.99 Å². The van der Waals surface area contributed by atoms with Crippen LogP contribution in [0.2, 0.25) is 0 Å². The molecule has 0 spiro atoms. The fourth-order valence-corrected chi connectivity index (χ4v) is 1.69. The van der Waals surface area contributed by atoms with E-state index in [0.717, 1.165) is 44.2 Å². The maximum atomic E-state index is 5.31. The Morgan fingerprint density at radius 2 is 2.21 bits per heavy atom. The van der Waals surface area contributed by atoms with Crippen molar-refractivity contribution in [1.29, 1.82) is 0 Å². The Morgan fingerprint density at radius 1 is 1.42 bits per heavy atom. The molecule has 0 radical (unpaired) electrons. The number of thioether (sulfide) groups is 1. The fraction of sp³-hybridized carbons (Fsp3) is 0.643. The maximum Gasteiger partial charge on any atom is 0.191 e. The number of nitrogens with one attached hydrogen (secondary N) is 2. The first kappa shape index (κ1) is 16.0. The van der Waals surface area contributed by atoms with Crippen molar-refractivity contribution in [2.24, 2.45) is 4.99 Å². The Bertz CT molecular complexity index is 352. The first-order valence-electron chi connectivity index (χ1n) is 6.83. The Labute approximate surface area is 120 Å². The van der Waals surface area contributed by atoms with E-state index in [1.165, 1.54) is 0 Å². The summed E-state index contributed by atoms with van der Waals surface area (Å²) in [7, 11) is 0. The van der Waals surface area contributed by atoms with Gasteiger partial charge in [0.15, 0.2) is 5.96 Å². The third kappa shape index (κ3) is 7.15. The summed E-state index contributed by atoms with van der Waals surface area (Å²) in [6, 6.07) is 3.91. The van der Waals surface area contributed by atoms with Gasteiger partial charge in [0, 0.05) is 24.8 Å². The predicted molar refractivity (Wildman–Crippen MR) is 84.0 cm³/mol. The summed E-state index contributed by atoms with van der Waals surface area (Å²) in [5.41, 5.74) is 0. The number of guanidine groups is 1. The van der Waals surface area contributed by atoms with E-state index < -0.39 is 0 Å². The highest BCUT2D eigenvalue weighted by atomic mass is 32.2. The summed E-state index contributed by atoms with van der Waals surface area (Å²) in [5.74, 6) is 1.90. The van der Waals surface area contributed by atoms with E-state index in [0.29, 0.717) is 5.25 Å². The van der Waals surface area contributed by atoms with Crippen molar-refractivity contribution in [2.45, 2.75) is 31.9 Å². The van der Waals surface area contributed by atoms with Crippen LogP contribution >= 0.6 is 11.8 Å². The van der Waals surface area contributed by atoms with Crippen molar-refractivity contribution in [3.8, 4) is 0 Å². The van der Waals surface area contributed by atoms with Crippen LogP contribution in [0.15, 0.2) is 27.8 Å². The maximum absolute atomic E-state index is 5.31. The molecular weight excluding hydrogens is 258 g/mol. The van der Waals surface area contributed by atoms with E-state index in [-0.39, 0.29) is 0 Å². The molecule has 1 unspecified atom stereocenters. The minimum Gasteiger partial charge on any atom is -0.469 e. The molecule has 0 fully saturated rings. The highest BCUT2D eigenvalue weighted by Crippen LogP contribution is 2.04. The molecule has 0 saturated heterocycles. The largest absolute Gasteiger partial charge is 0.469 e. The van der Waals surface area contributed by atoms with E-state index in [1.54, 1.807) is 6.26 Å². The van der Waals surface area contributed by atoms with Gasteiger partial charge < -0.3 is 15.1 Å². The van der Waals surface area contributed by atoms with E-state index in [1.807, 2.05) is 23.9 Å². The average molecular weight is 283 g/mol. The highest BCUT2D eigenvalue weighted by molar-refractivity contribution is 7.99. The zero-order valence-electron chi connectivity index (χ0n) is 12.1. The topological polar surface area (TPSA) is 49.6 Å². The number of aliphatic imine (C=N–C) groups is 1. The van der Waals surface area contributed by atoms with Gasteiger partial charge in [0.25, 0.3) is 0 Å². The second kappa shape index (κ2) is 9.78. The summed E-state index contributed by atoms with van der Waals surface area (Å²) in [6.45, 7) is 6.95. The van der Waals surface area contributed by atoms with E-state index in [2.05, 4.69) is 35.7 Å².